The van der Waals surface area contributed by atoms with Gasteiger partial charge in [0.25, 0.3) is 0 Å². The van der Waals surface area contributed by atoms with Gasteiger partial charge in [-0.3, -0.25) is 10.1 Å². The summed E-state index contributed by atoms with van der Waals surface area (Å²) in [5.74, 6) is 1.07. The first kappa shape index (κ1) is 11.9. The molecular formula is C12H18N4O. The SMILES string of the molecule is Cc1nccn1CCCNC(=O)[C@@H]1C=CCN1. The predicted molar refractivity (Wildman–Crippen MR) is 65.5 cm³/mol. The summed E-state index contributed by atoms with van der Waals surface area (Å²) in [5.41, 5.74) is 0. The van der Waals surface area contributed by atoms with Crippen LogP contribution in [-0.2, 0) is 11.3 Å². The Morgan fingerprint density at radius 3 is 3.24 bits per heavy atom. The molecule has 1 aromatic heterocycles. The minimum absolute atomic E-state index is 0.0566. The van der Waals surface area contributed by atoms with Gasteiger partial charge in [0.1, 0.15) is 11.9 Å². The van der Waals surface area contributed by atoms with Gasteiger partial charge in [0.2, 0.25) is 5.91 Å². The van der Waals surface area contributed by atoms with Crippen LogP contribution < -0.4 is 10.6 Å². The molecule has 2 rings (SSSR count). The highest BCUT2D eigenvalue weighted by Crippen LogP contribution is 1.97. The fourth-order valence-electron chi connectivity index (χ4n) is 1.86. The molecule has 0 spiro atoms. The summed E-state index contributed by atoms with van der Waals surface area (Å²) >= 11 is 0. The van der Waals surface area contributed by atoms with Gasteiger partial charge >= 0.3 is 0 Å². The van der Waals surface area contributed by atoms with Crippen LogP contribution >= 0.6 is 0 Å². The molecule has 0 bridgehead atoms. The van der Waals surface area contributed by atoms with Crippen LogP contribution in [0.15, 0.2) is 24.5 Å². The molecule has 0 fully saturated rings. The summed E-state index contributed by atoms with van der Waals surface area (Å²) in [6.07, 6.45) is 8.54. The van der Waals surface area contributed by atoms with Gasteiger partial charge in [-0.15, -0.1) is 0 Å². The van der Waals surface area contributed by atoms with Gasteiger partial charge in [0, 0.05) is 32.0 Å². The average Bonchev–Trinajstić information content (AvgIpc) is 2.96. The second-order valence-electron chi connectivity index (χ2n) is 4.13. The number of aryl methyl sites for hydroxylation is 2. The Kier molecular flexibility index (Phi) is 3.93. The molecule has 1 aromatic rings. The molecule has 0 saturated carbocycles. The molecule has 2 heterocycles. The Bertz CT molecular complexity index is 410. The summed E-state index contributed by atoms with van der Waals surface area (Å²) in [4.78, 5) is 15.8. The topological polar surface area (TPSA) is 59.0 Å². The van der Waals surface area contributed by atoms with Gasteiger partial charge in [-0.1, -0.05) is 12.2 Å². The first-order valence-electron chi connectivity index (χ1n) is 5.93. The number of nitrogens with one attached hydrogen (secondary N) is 2. The van der Waals surface area contributed by atoms with E-state index in [0.717, 1.165) is 25.3 Å². The van der Waals surface area contributed by atoms with E-state index in [1.54, 1.807) is 6.20 Å². The summed E-state index contributed by atoms with van der Waals surface area (Å²) in [7, 11) is 0. The second-order valence-corrected chi connectivity index (χ2v) is 4.13. The Hall–Kier alpha value is -1.62. The van der Waals surface area contributed by atoms with Crippen LogP contribution in [0.2, 0.25) is 0 Å². The number of nitrogens with zero attached hydrogens (tertiary/aromatic N) is 2. The summed E-state index contributed by atoms with van der Waals surface area (Å²) in [5, 5.41) is 6.00. The number of amides is 1. The maximum Gasteiger partial charge on any atom is 0.241 e. The summed E-state index contributed by atoms with van der Waals surface area (Å²) < 4.78 is 2.08. The first-order chi connectivity index (χ1) is 8.27. The van der Waals surface area contributed by atoms with Crippen molar-refractivity contribution in [2.24, 2.45) is 0 Å². The van der Waals surface area contributed by atoms with Gasteiger partial charge in [0.15, 0.2) is 0 Å². The molecule has 0 saturated heterocycles. The highest BCUT2D eigenvalue weighted by atomic mass is 16.2. The zero-order valence-corrected chi connectivity index (χ0v) is 10.0. The summed E-state index contributed by atoms with van der Waals surface area (Å²) in [6, 6.07) is -0.148. The van der Waals surface area contributed by atoms with Gasteiger partial charge in [0.05, 0.1) is 0 Å². The van der Waals surface area contributed by atoms with Gasteiger partial charge in [-0.05, 0) is 13.3 Å². The van der Waals surface area contributed by atoms with Crippen LogP contribution in [0, 0.1) is 6.92 Å². The molecule has 1 aliphatic heterocycles. The van der Waals surface area contributed by atoms with Gasteiger partial charge in [-0.25, -0.2) is 4.98 Å². The van der Waals surface area contributed by atoms with Crippen LogP contribution in [0.25, 0.3) is 0 Å². The van der Waals surface area contributed by atoms with Gasteiger partial charge in [-0.2, -0.15) is 0 Å². The largest absolute Gasteiger partial charge is 0.354 e. The molecule has 2 N–H and O–H groups in total. The maximum absolute atomic E-state index is 11.6. The maximum atomic E-state index is 11.6. The van der Waals surface area contributed by atoms with Crippen LogP contribution in [0.5, 0.6) is 0 Å². The highest BCUT2D eigenvalue weighted by molar-refractivity contribution is 5.84. The smallest absolute Gasteiger partial charge is 0.241 e. The standard InChI is InChI=1S/C12H18N4O/c1-10-13-7-9-16(10)8-3-6-15-12(17)11-4-2-5-14-11/h2,4,7,9,11,14H,3,5-6,8H2,1H3,(H,15,17)/t11-/m0/s1. The molecular weight excluding hydrogens is 216 g/mol. The van der Waals surface area contributed by atoms with E-state index < -0.39 is 0 Å². The van der Waals surface area contributed by atoms with E-state index in [1.165, 1.54) is 0 Å². The van der Waals surface area contributed by atoms with E-state index in [-0.39, 0.29) is 11.9 Å². The van der Waals surface area contributed by atoms with Crippen molar-refractivity contribution in [2.45, 2.75) is 25.9 Å². The lowest BCUT2D eigenvalue weighted by molar-refractivity contribution is -0.121. The zero-order chi connectivity index (χ0) is 12.1. The lowest BCUT2D eigenvalue weighted by Crippen LogP contribution is -2.40. The number of hydrogen-bond donors (Lipinski definition) is 2. The lowest BCUT2D eigenvalue weighted by Gasteiger charge is -2.10. The molecule has 0 aromatic carbocycles. The molecule has 1 aliphatic rings. The van der Waals surface area contributed by atoms with Crippen molar-refractivity contribution < 1.29 is 4.79 Å². The van der Waals surface area contributed by atoms with E-state index in [9.17, 15) is 4.79 Å². The molecule has 0 aliphatic carbocycles. The van der Waals surface area contributed by atoms with E-state index in [1.807, 2.05) is 25.3 Å². The first-order valence-corrected chi connectivity index (χ1v) is 5.93. The summed E-state index contributed by atoms with van der Waals surface area (Å²) in [6.45, 7) is 4.35. The molecule has 17 heavy (non-hydrogen) atoms. The molecule has 5 heteroatoms. The monoisotopic (exact) mass is 234 g/mol. The Labute approximate surface area is 101 Å². The normalized spacial score (nSPS) is 18.5. The van der Waals surface area contributed by atoms with Crippen molar-refractivity contribution in [3.05, 3.63) is 30.4 Å². The Morgan fingerprint density at radius 1 is 1.71 bits per heavy atom. The fourth-order valence-corrected chi connectivity index (χ4v) is 1.86. The van der Waals surface area contributed by atoms with Crippen LogP contribution in [0.1, 0.15) is 12.2 Å². The van der Waals surface area contributed by atoms with Crippen molar-refractivity contribution in [3.8, 4) is 0 Å². The average molecular weight is 234 g/mol. The Balaban J connectivity index is 1.65. The van der Waals surface area contributed by atoms with Crippen molar-refractivity contribution >= 4 is 5.91 Å². The number of hydrogen-bond acceptors (Lipinski definition) is 3. The van der Waals surface area contributed by atoms with Gasteiger partial charge < -0.3 is 9.88 Å². The van der Waals surface area contributed by atoms with Crippen molar-refractivity contribution in [1.29, 1.82) is 0 Å². The number of imidazole rings is 1. The van der Waals surface area contributed by atoms with E-state index >= 15 is 0 Å². The van der Waals surface area contributed by atoms with E-state index in [0.29, 0.717) is 6.54 Å². The number of carbonyl (C=O) groups is 1. The van der Waals surface area contributed by atoms with Crippen molar-refractivity contribution in [1.82, 2.24) is 20.2 Å². The van der Waals surface area contributed by atoms with Crippen LogP contribution in [-0.4, -0.2) is 34.6 Å². The third-order valence-electron chi connectivity index (χ3n) is 2.87. The fraction of sp³-hybridized carbons (Fsp3) is 0.500. The van der Waals surface area contributed by atoms with Crippen LogP contribution in [0.4, 0.5) is 0 Å². The third-order valence-corrected chi connectivity index (χ3v) is 2.87. The van der Waals surface area contributed by atoms with Crippen molar-refractivity contribution in [3.63, 3.8) is 0 Å². The molecule has 0 radical (unpaired) electrons. The number of carbonyl (C=O) groups excluding carboxylic acids is 1. The van der Waals surface area contributed by atoms with E-state index in [4.69, 9.17) is 0 Å². The minimum atomic E-state index is -0.148. The highest BCUT2D eigenvalue weighted by Gasteiger charge is 2.16. The minimum Gasteiger partial charge on any atom is -0.354 e. The van der Waals surface area contributed by atoms with Crippen molar-refractivity contribution in [2.75, 3.05) is 13.1 Å². The molecule has 0 unspecified atom stereocenters. The number of aromatic nitrogens is 2. The zero-order valence-electron chi connectivity index (χ0n) is 10.0. The molecule has 5 nitrogen and oxygen atoms in total. The molecule has 1 atom stereocenters. The number of rotatable bonds is 5. The molecule has 1 amide bonds. The van der Waals surface area contributed by atoms with E-state index in [2.05, 4.69) is 20.2 Å². The second kappa shape index (κ2) is 5.63. The quantitative estimate of drug-likeness (QED) is 0.566. The van der Waals surface area contributed by atoms with Crippen LogP contribution in [0.3, 0.4) is 0 Å². The third kappa shape index (κ3) is 3.17. The lowest BCUT2D eigenvalue weighted by atomic mass is 10.3. The predicted octanol–water partition coefficient (Wildman–Crippen LogP) is 0.226. The molecule has 92 valence electrons. The Morgan fingerprint density at radius 2 is 2.59 bits per heavy atom.